The number of H-pyrrole nitrogens is 1. The summed E-state index contributed by atoms with van der Waals surface area (Å²) in [4.78, 5) is 5.59. The van der Waals surface area contributed by atoms with Crippen molar-refractivity contribution in [2.45, 2.75) is 27.2 Å². The van der Waals surface area contributed by atoms with Gasteiger partial charge in [0.2, 0.25) is 0 Å². The number of hydrogen-bond acceptors (Lipinski definition) is 4. The highest BCUT2D eigenvalue weighted by molar-refractivity contribution is 7.26. The topological polar surface area (TPSA) is 53.6 Å². The van der Waals surface area contributed by atoms with Gasteiger partial charge in [-0.1, -0.05) is 18.5 Å². The number of aromatic nitrogens is 3. The van der Waals surface area contributed by atoms with Crippen molar-refractivity contribution < 1.29 is 0 Å². The minimum Gasteiger partial charge on any atom is -0.367 e. The quantitative estimate of drug-likeness (QED) is 0.758. The molecule has 0 atom stereocenters. The second-order valence-corrected chi connectivity index (χ2v) is 6.00. The lowest BCUT2D eigenvalue weighted by Gasteiger charge is -2.02. The molecule has 0 fully saturated rings. The van der Waals surface area contributed by atoms with Crippen LogP contribution in [0.4, 0.5) is 5.82 Å². The van der Waals surface area contributed by atoms with E-state index in [2.05, 4.69) is 27.4 Å². The van der Waals surface area contributed by atoms with Crippen LogP contribution in [0.3, 0.4) is 0 Å². The van der Waals surface area contributed by atoms with Gasteiger partial charge in [-0.05, 0) is 25.8 Å². The van der Waals surface area contributed by atoms with Crippen LogP contribution in [0.1, 0.15) is 24.6 Å². The van der Waals surface area contributed by atoms with Crippen molar-refractivity contribution >= 4 is 49.2 Å². The van der Waals surface area contributed by atoms with E-state index in [0.29, 0.717) is 0 Å². The Kier molecular flexibility index (Phi) is 3.11. The highest BCUT2D eigenvalue weighted by Crippen LogP contribution is 2.39. The van der Waals surface area contributed by atoms with Gasteiger partial charge in [0.05, 0.1) is 20.9 Å². The zero-order chi connectivity index (χ0) is 13.6. The minimum atomic E-state index is 0.741. The molecule has 0 aliphatic heterocycles. The zero-order valence-corrected chi connectivity index (χ0v) is 12.7. The van der Waals surface area contributed by atoms with Gasteiger partial charge < -0.3 is 5.32 Å². The summed E-state index contributed by atoms with van der Waals surface area (Å²) in [6.45, 7) is 7.03. The lowest BCUT2D eigenvalue weighted by molar-refractivity contribution is 0.964. The third kappa shape index (κ3) is 1.88. The number of nitrogens with one attached hydrogen (secondary N) is 2. The predicted molar refractivity (Wildman–Crippen MR) is 82.5 cm³/mol. The van der Waals surface area contributed by atoms with Gasteiger partial charge in [-0.2, -0.15) is 5.10 Å². The van der Waals surface area contributed by atoms with Crippen LogP contribution in [0.2, 0.25) is 5.02 Å². The minimum absolute atomic E-state index is 0.741. The summed E-state index contributed by atoms with van der Waals surface area (Å²) in [5, 5.41) is 12.6. The monoisotopic (exact) mass is 294 g/mol. The number of halogens is 1. The number of thiophene rings is 1. The SMILES string of the molecule is CCCNc1n[nH]c2c1sc1nc(C)c(Cl)c(C)c12. The number of aromatic amines is 1. The van der Waals surface area contributed by atoms with E-state index in [1.165, 1.54) is 0 Å². The van der Waals surface area contributed by atoms with E-state index in [0.717, 1.165) is 55.5 Å². The molecule has 0 spiro atoms. The van der Waals surface area contributed by atoms with E-state index in [9.17, 15) is 0 Å². The summed E-state index contributed by atoms with van der Waals surface area (Å²) in [5.41, 5.74) is 2.98. The maximum Gasteiger partial charge on any atom is 0.165 e. The Bertz CT molecular complexity index is 759. The highest BCUT2D eigenvalue weighted by Gasteiger charge is 2.17. The standard InChI is InChI=1S/C13H15ClN4S/c1-4-5-15-12-11-10(17-18-12)8-6(2)9(14)7(3)16-13(8)19-11/h4-5H2,1-3H3,(H2,15,17,18). The lowest BCUT2D eigenvalue weighted by atomic mass is 10.1. The van der Waals surface area contributed by atoms with Crippen LogP contribution in [0.5, 0.6) is 0 Å². The Morgan fingerprint density at radius 1 is 1.37 bits per heavy atom. The lowest BCUT2D eigenvalue weighted by Crippen LogP contribution is -1.99. The van der Waals surface area contributed by atoms with E-state index < -0.39 is 0 Å². The summed E-state index contributed by atoms with van der Waals surface area (Å²) in [6.07, 6.45) is 1.07. The van der Waals surface area contributed by atoms with Gasteiger partial charge in [0.15, 0.2) is 5.82 Å². The van der Waals surface area contributed by atoms with Crippen LogP contribution in [0.25, 0.3) is 20.4 Å². The van der Waals surface area contributed by atoms with Gasteiger partial charge in [0, 0.05) is 11.9 Å². The van der Waals surface area contributed by atoms with E-state index in [1.54, 1.807) is 11.3 Å². The molecule has 0 aliphatic carbocycles. The average Bonchev–Trinajstić information content (AvgIpc) is 2.92. The van der Waals surface area contributed by atoms with Crippen molar-refractivity contribution in [3.05, 3.63) is 16.3 Å². The second kappa shape index (κ2) is 4.65. The summed E-state index contributed by atoms with van der Waals surface area (Å²) < 4.78 is 1.13. The van der Waals surface area contributed by atoms with Crippen LogP contribution in [-0.2, 0) is 0 Å². The molecule has 6 heteroatoms. The normalized spacial score (nSPS) is 11.6. The molecular formula is C13H15ClN4S. The number of rotatable bonds is 3. The van der Waals surface area contributed by atoms with E-state index in [1.807, 2.05) is 13.8 Å². The van der Waals surface area contributed by atoms with Crippen LogP contribution in [0.15, 0.2) is 0 Å². The molecule has 100 valence electrons. The molecule has 3 rings (SSSR count). The predicted octanol–water partition coefficient (Wildman–Crippen LogP) is 4.26. The number of nitrogens with zero attached hydrogens (tertiary/aromatic N) is 2. The second-order valence-electron chi connectivity index (χ2n) is 4.62. The van der Waals surface area contributed by atoms with Gasteiger partial charge in [-0.25, -0.2) is 4.98 Å². The third-order valence-electron chi connectivity index (χ3n) is 3.22. The molecule has 0 aliphatic rings. The van der Waals surface area contributed by atoms with Crippen LogP contribution in [0, 0.1) is 13.8 Å². The molecule has 3 aromatic heterocycles. The molecule has 0 saturated heterocycles. The fourth-order valence-corrected chi connectivity index (χ4v) is 3.56. The Labute approximate surface area is 120 Å². The highest BCUT2D eigenvalue weighted by atomic mass is 35.5. The third-order valence-corrected chi connectivity index (χ3v) is 4.87. The Morgan fingerprint density at radius 2 is 2.16 bits per heavy atom. The van der Waals surface area contributed by atoms with Crippen molar-refractivity contribution in [2.24, 2.45) is 0 Å². The number of pyridine rings is 1. The summed E-state index contributed by atoms with van der Waals surface area (Å²) >= 11 is 7.95. The number of aryl methyl sites for hydroxylation is 2. The van der Waals surface area contributed by atoms with E-state index >= 15 is 0 Å². The van der Waals surface area contributed by atoms with Crippen molar-refractivity contribution in [3.8, 4) is 0 Å². The summed E-state index contributed by atoms with van der Waals surface area (Å²) in [7, 11) is 0. The first-order chi connectivity index (χ1) is 9.13. The van der Waals surface area contributed by atoms with Crippen molar-refractivity contribution in [1.29, 1.82) is 0 Å². The molecule has 2 N–H and O–H groups in total. The Morgan fingerprint density at radius 3 is 2.89 bits per heavy atom. The van der Waals surface area contributed by atoms with Crippen molar-refractivity contribution in [1.82, 2.24) is 15.2 Å². The van der Waals surface area contributed by atoms with Gasteiger partial charge in [0.1, 0.15) is 4.83 Å². The molecule has 0 saturated carbocycles. The fourth-order valence-electron chi connectivity index (χ4n) is 2.23. The van der Waals surface area contributed by atoms with Gasteiger partial charge in [-0.15, -0.1) is 11.3 Å². The van der Waals surface area contributed by atoms with E-state index in [4.69, 9.17) is 11.6 Å². The van der Waals surface area contributed by atoms with Gasteiger partial charge in [0.25, 0.3) is 0 Å². The van der Waals surface area contributed by atoms with Crippen molar-refractivity contribution in [3.63, 3.8) is 0 Å². The van der Waals surface area contributed by atoms with Gasteiger partial charge >= 0.3 is 0 Å². The molecule has 3 heterocycles. The first-order valence-corrected chi connectivity index (χ1v) is 7.50. The Balaban J connectivity index is 2.28. The molecular weight excluding hydrogens is 280 g/mol. The van der Waals surface area contributed by atoms with Crippen LogP contribution >= 0.6 is 22.9 Å². The maximum atomic E-state index is 6.30. The molecule has 0 aromatic carbocycles. The zero-order valence-electron chi connectivity index (χ0n) is 11.1. The first-order valence-electron chi connectivity index (χ1n) is 6.30. The maximum absolute atomic E-state index is 6.30. The van der Waals surface area contributed by atoms with Crippen molar-refractivity contribution in [2.75, 3.05) is 11.9 Å². The summed E-state index contributed by atoms with van der Waals surface area (Å²) in [5.74, 6) is 0.910. The summed E-state index contributed by atoms with van der Waals surface area (Å²) in [6, 6.07) is 0. The first kappa shape index (κ1) is 12.7. The van der Waals surface area contributed by atoms with Crippen LogP contribution in [-0.4, -0.2) is 21.7 Å². The fraction of sp³-hybridized carbons (Fsp3) is 0.385. The van der Waals surface area contributed by atoms with E-state index in [-0.39, 0.29) is 0 Å². The Hall–Kier alpha value is -1.33. The number of hydrogen-bond donors (Lipinski definition) is 2. The number of anilines is 1. The molecule has 0 unspecified atom stereocenters. The molecule has 0 bridgehead atoms. The molecule has 0 amide bonds. The largest absolute Gasteiger partial charge is 0.367 e. The molecule has 0 radical (unpaired) electrons. The van der Waals surface area contributed by atoms with Crippen LogP contribution < -0.4 is 5.32 Å². The van der Waals surface area contributed by atoms with Gasteiger partial charge in [-0.3, -0.25) is 5.10 Å². The molecule has 4 nitrogen and oxygen atoms in total. The average molecular weight is 295 g/mol. The smallest absolute Gasteiger partial charge is 0.165 e. The number of fused-ring (bicyclic) bond motifs is 3. The molecule has 3 aromatic rings. The molecule has 19 heavy (non-hydrogen) atoms.